The van der Waals surface area contributed by atoms with Gasteiger partial charge in [0.15, 0.2) is 0 Å². The predicted octanol–water partition coefficient (Wildman–Crippen LogP) is 13.1. The van der Waals surface area contributed by atoms with Crippen molar-refractivity contribution in [3.63, 3.8) is 0 Å². The highest BCUT2D eigenvalue weighted by Gasteiger charge is 2.21. The molecule has 5 aromatic carbocycles. The van der Waals surface area contributed by atoms with Gasteiger partial charge in [0, 0.05) is 33.5 Å². The fourth-order valence-corrected chi connectivity index (χ4v) is 8.05. The first kappa shape index (κ1) is 32.4. The molecule has 1 N–H and O–H groups in total. The number of para-hydroxylation sites is 1. The van der Waals surface area contributed by atoms with Crippen molar-refractivity contribution in [2.45, 2.75) is 6.92 Å². The Balaban J connectivity index is 1.48. The van der Waals surface area contributed by atoms with Gasteiger partial charge in [0.1, 0.15) is 0 Å². The zero-order valence-corrected chi connectivity index (χ0v) is 30.3. The number of aryl methyl sites for hydroxylation is 1. The van der Waals surface area contributed by atoms with Crippen molar-refractivity contribution in [3.05, 3.63) is 198 Å². The summed E-state index contributed by atoms with van der Waals surface area (Å²) in [5.74, 6) is 0. The van der Waals surface area contributed by atoms with Crippen LogP contribution < -0.4 is 0 Å². The minimum Gasteiger partial charge on any atom is -0.354 e. The van der Waals surface area contributed by atoms with Crippen LogP contribution in [0.25, 0.3) is 96.6 Å². The Morgan fingerprint density at radius 2 is 0.782 bits per heavy atom. The van der Waals surface area contributed by atoms with Crippen molar-refractivity contribution in [2.24, 2.45) is 0 Å². The van der Waals surface area contributed by atoms with E-state index in [0.29, 0.717) is 0 Å². The number of hydrogen-bond acceptors (Lipinski definition) is 2. The largest absolute Gasteiger partial charge is 0.354 e. The van der Waals surface area contributed by atoms with Crippen LogP contribution in [0.1, 0.15) is 28.3 Å². The van der Waals surface area contributed by atoms with Gasteiger partial charge in [-0.15, -0.1) is 0 Å². The molecule has 0 saturated carbocycles. The van der Waals surface area contributed by atoms with Crippen molar-refractivity contribution >= 4 is 46.4 Å². The van der Waals surface area contributed by atoms with Gasteiger partial charge in [-0.2, -0.15) is 0 Å². The number of aromatic nitrogens is 4. The number of H-pyrrole nitrogens is 1. The summed E-state index contributed by atoms with van der Waals surface area (Å²) in [4.78, 5) is 14.9. The number of nitrogens with zero attached hydrogens (tertiary/aromatic N) is 3. The molecule has 2 aliphatic rings. The Morgan fingerprint density at radius 3 is 1.29 bits per heavy atom. The minimum absolute atomic E-state index is 0.876. The van der Waals surface area contributed by atoms with E-state index >= 15 is 0 Å². The molecule has 55 heavy (non-hydrogen) atoms. The molecule has 0 atom stereocenters. The van der Waals surface area contributed by atoms with Crippen LogP contribution in [0.5, 0.6) is 0 Å². The monoisotopic (exact) mass is 704 g/mol. The summed E-state index contributed by atoms with van der Waals surface area (Å²) in [6, 6.07) is 59.9. The van der Waals surface area contributed by atoms with Crippen LogP contribution in [0.2, 0.25) is 0 Å². The van der Waals surface area contributed by atoms with E-state index in [1.165, 1.54) is 0 Å². The molecular formula is C51H36N4. The van der Waals surface area contributed by atoms with Crippen LogP contribution in [-0.4, -0.2) is 19.5 Å². The van der Waals surface area contributed by atoms with E-state index < -0.39 is 0 Å². The molecule has 0 saturated heterocycles. The Labute approximate surface area is 320 Å². The molecule has 8 bridgehead atoms. The third-order valence-electron chi connectivity index (χ3n) is 10.5. The summed E-state index contributed by atoms with van der Waals surface area (Å²) in [6.45, 7) is 2.19. The number of rotatable bonds is 5. The van der Waals surface area contributed by atoms with E-state index in [4.69, 9.17) is 9.97 Å². The molecule has 260 valence electrons. The van der Waals surface area contributed by atoms with Crippen LogP contribution in [0.15, 0.2) is 170 Å². The molecule has 0 radical (unpaired) electrons. The van der Waals surface area contributed by atoms with Crippen LogP contribution in [0.4, 0.5) is 0 Å². The van der Waals surface area contributed by atoms with E-state index in [1.54, 1.807) is 0 Å². The molecule has 4 heteroatoms. The molecule has 10 rings (SSSR count). The number of nitrogens with one attached hydrogen (secondary N) is 1. The van der Waals surface area contributed by atoms with Gasteiger partial charge in [0.05, 0.1) is 39.3 Å². The molecule has 4 nitrogen and oxygen atoms in total. The molecule has 0 fully saturated rings. The normalized spacial score (nSPS) is 11.9. The second-order valence-electron chi connectivity index (χ2n) is 13.9. The third-order valence-corrected chi connectivity index (χ3v) is 10.5. The Kier molecular flexibility index (Phi) is 8.00. The number of benzene rings is 5. The second-order valence-corrected chi connectivity index (χ2v) is 13.9. The van der Waals surface area contributed by atoms with Gasteiger partial charge >= 0.3 is 0 Å². The second kappa shape index (κ2) is 13.6. The van der Waals surface area contributed by atoms with Crippen LogP contribution in [0, 0.1) is 6.92 Å². The van der Waals surface area contributed by atoms with Crippen LogP contribution in [0.3, 0.4) is 0 Å². The lowest BCUT2D eigenvalue weighted by molar-refractivity contribution is 1.17. The average molecular weight is 705 g/mol. The summed E-state index contributed by atoms with van der Waals surface area (Å²) in [5.41, 5.74) is 18.5. The van der Waals surface area contributed by atoms with E-state index in [1.807, 2.05) is 0 Å². The lowest BCUT2D eigenvalue weighted by Crippen LogP contribution is -1.97. The molecule has 8 aromatic rings. The summed E-state index contributed by atoms with van der Waals surface area (Å²) in [6.07, 6.45) is 8.60. The summed E-state index contributed by atoms with van der Waals surface area (Å²) in [7, 11) is 0. The Hall–Kier alpha value is -7.30. The van der Waals surface area contributed by atoms with Crippen molar-refractivity contribution in [1.29, 1.82) is 0 Å². The maximum absolute atomic E-state index is 5.49. The number of aromatic amines is 1. The zero-order valence-electron chi connectivity index (χ0n) is 30.3. The van der Waals surface area contributed by atoms with E-state index in [2.05, 4.69) is 211 Å². The first-order valence-electron chi connectivity index (χ1n) is 18.7. The smallest absolute Gasteiger partial charge is 0.0738 e. The van der Waals surface area contributed by atoms with Gasteiger partial charge in [0.25, 0.3) is 0 Å². The highest BCUT2D eigenvalue weighted by atomic mass is 15.0. The maximum Gasteiger partial charge on any atom is 0.0738 e. The quantitative estimate of drug-likeness (QED) is 0.194. The molecule has 2 aliphatic heterocycles. The van der Waals surface area contributed by atoms with Gasteiger partial charge in [-0.1, -0.05) is 140 Å². The molecule has 0 aliphatic carbocycles. The van der Waals surface area contributed by atoms with Gasteiger partial charge in [-0.05, 0) is 89.4 Å². The van der Waals surface area contributed by atoms with E-state index in [0.717, 1.165) is 101 Å². The molecule has 0 spiro atoms. The van der Waals surface area contributed by atoms with Crippen molar-refractivity contribution in [1.82, 2.24) is 19.5 Å². The minimum atomic E-state index is 0.876. The molecule has 5 heterocycles. The molecule has 0 amide bonds. The summed E-state index contributed by atoms with van der Waals surface area (Å²) < 4.78 is 2.40. The number of fused-ring (bicyclic) bond motifs is 8. The Bertz CT molecular complexity index is 2940. The lowest BCUT2D eigenvalue weighted by Gasteiger charge is -2.14. The fourth-order valence-electron chi connectivity index (χ4n) is 8.05. The van der Waals surface area contributed by atoms with Gasteiger partial charge in [-0.3, -0.25) is 0 Å². The Morgan fingerprint density at radius 1 is 0.400 bits per heavy atom. The highest BCUT2D eigenvalue weighted by molar-refractivity contribution is 6.02. The SMILES string of the molecule is Cc1cc2[nH]c1c(-c1ccccc1)c1nc(c(-c3ccccc3)c3nc(c(-c4ccccc4)c4ccc(c2-c2ccccc2)n4-c2ccccc2)C=C3)C=C1. The topological polar surface area (TPSA) is 46.5 Å². The highest BCUT2D eigenvalue weighted by Crippen LogP contribution is 2.40. The van der Waals surface area contributed by atoms with Gasteiger partial charge < -0.3 is 9.55 Å². The zero-order chi connectivity index (χ0) is 36.7. The van der Waals surface area contributed by atoms with E-state index in [9.17, 15) is 0 Å². The third kappa shape index (κ3) is 5.72. The summed E-state index contributed by atoms with van der Waals surface area (Å²) >= 11 is 0. The van der Waals surface area contributed by atoms with E-state index in [-0.39, 0.29) is 0 Å². The molecule has 0 unspecified atom stereocenters. The van der Waals surface area contributed by atoms with Gasteiger partial charge in [0.2, 0.25) is 0 Å². The van der Waals surface area contributed by atoms with Crippen molar-refractivity contribution in [2.75, 3.05) is 0 Å². The fraction of sp³-hybridized carbons (Fsp3) is 0.0196. The first-order chi connectivity index (χ1) is 27.2. The standard InChI is InChI=1S/C51H36N4/c1-34-33-44-49(37-21-11-4-12-22-37)46-32-31-45(55(46)39-25-15-6-16-26-39)48(36-19-9-3-10-20-36)42-29-27-40(52-42)47(35-17-7-2-8-18-35)41-28-30-43(53-41)50(51(34)54-44)38-23-13-5-14-24-38/h2-33,54H,1H3. The van der Waals surface area contributed by atoms with Crippen molar-refractivity contribution < 1.29 is 0 Å². The predicted molar refractivity (Wildman–Crippen MR) is 230 cm³/mol. The van der Waals surface area contributed by atoms with Gasteiger partial charge in [-0.25, -0.2) is 9.97 Å². The summed E-state index contributed by atoms with van der Waals surface area (Å²) in [5, 5.41) is 0. The van der Waals surface area contributed by atoms with Crippen LogP contribution >= 0.6 is 0 Å². The van der Waals surface area contributed by atoms with Crippen molar-refractivity contribution in [3.8, 4) is 50.2 Å². The molecular weight excluding hydrogens is 669 g/mol. The lowest BCUT2D eigenvalue weighted by atomic mass is 10.0. The first-order valence-corrected chi connectivity index (χ1v) is 18.7. The number of hydrogen-bond donors (Lipinski definition) is 1. The molecule has 3 aromatic heterocycles. The average Bonchev–Trinajstić information content (AvgIpc) is 4.07. The maximum atomic E-state index is 5.49. The van der Waals surface area contributed by atoms with Crippen LogP contribution in [-0.2, 0) is 0 Å².